The minimum absolute atomic E-state index is 0.335. The van der Waals surface area contributed by atoms with Gasteiger partial charge in [-0.2, -0.15) is 4.68 Å². The highest BCUT2D eigenvalue weighted by Gasteiger charge is 2.27. The van der Waals surface area contributed by atoms with Crippen LogP contribution in [0.25, 0.3) is 5.70 Å². The molecule has 0 saturated carbocycles. The maximum Gasteiger partial charge on any atom is 0.248 e. The number of anilines is 1. The van der Waals surface area contributed by atoms with Gasteiger partial charge < -0.3 is 5.32 Å². The van der Waals surface area contributed by atoms with Crippen LogP contribution in [-0.2, 0) is 0 Å². The summed E-state index contributed by atoms with van der Waals surface area (Å²) >= 11 is 6.22. The summed E-state index contributed by atoms with van der Waals surface area (Å²) in [6, 6.07) is 13.8. The Hall–Kier alpha value is -2.73. The third kappa shape index (κ3) is 2.37. The van der Waals surface area contributed by atoms with E-state index in [0.29, 0.717) is 16.5 Å². The molecule has 0 bridgehead atoms. The minimum atomic E-state index is -0.523. The van der Waals surface area contributed by atoms with Crippen LogP contribution in [0.5, 0.6) is 0 Å². The number of hydrogen-bond acceptors (Lipinski definition) is 4. The molecule has 114 valence electrons. The number of rotatable bonds is 2. The van der Waals surface area contributed by atoms with Gasteiger partial charge in [-0.05, 0) is 34.2 Å². The summed E-state index contributed by atoms with van der Waals surface area (Å²) in [5.41, 5.74) is 2.11. The van der Waals surface area contributed by atoms with Gasteiger partial charge in [-0.25, -0.2) is 4.39 Å². The molecule has 2 aromatic carbocycles. The van der Waals surface area contributed by atoms with Gasteiger partial charge >= 0.3 is 0 Å². The molecular weight excluding hydrogens is 317 g/mol. The van der Waals surface area contributed by atoms with Crippen molar-refractivity contribution >= 4 is 23.2 Å². The summed E-state index contributed by atoms with van der Waals surface area (Å²) in [6.45, 7) is 0. The van der Waals surface area contributed by atoms with Gasteiger partial charge in [0.25, 0.3) is 0 Å². The second-order valence-corrected chi connectivity index (χ2v) is 5.51. The Bertz CT molecular complexity index is 870. The van der Waals surface area contributed by atoms with Gasteiger partial charge in [0, 0.05) is 16.3 Å². The van der Waals surface area contributed by atoms with Crippen LogP contribution in [0.3, 0.4) is 0 Å². The second-order valence-electron chi connectivity index (χ2n) is 5.10. The Morgan fingerprint density at radius 1 is 1.09 bits per heavy atom. The van der Waals surface area contributed by atoms with Crippen LogP contribution >= 0.6 is 11.6 Å². The van der Waals surface area contributed by atoms with Crippen molar-refractivity contribution in [3.05, 3.63) is 76.6 Å². The number of benzene rings is 2. The Morgan fingerprint density at radius 2 is 1.91 bits per heavy atom. The van der Waals surface area contributed by atoms with E-state index < -0.39 is 11.9 Å². The first-order valence-corrected chi connectivity index (χ1v) is 7.38. The molecule has 23 heavy (non-hydrogen) atoms. The molecule has 0 spiro atoms. The fourth-order valence-corrected chi connectivity index (χ4v) is 2.91. The molecule has 0 fully saturated rings. The molecular formula is C16H11ClFN5. The van der Waals surface area contributed by atoms with E-state index in [1.54, 1.807) is 12.1 Å². The van der Waals surface area contributed by atoms with E-state index in [-0.39, 0.29) is 0 Å². The van der Waals surface area contributed by atoms with Gasteiger partial charge in [-0.1, -0.05) is 53.1 Å². The predicted molar refractivity (Wildman–Crippen MR) is 85.4 cm³/mol. The zero-order valence-corrected chi connectivity index (χ0v) is 12.6. The lowest BCUT2D eigenvalue weighted by atomic mass is 10.0. The Balaban J connectivity index is 1.89. The Kier molecular flexibility index (Phi) is 3.31. The quantitative estimate of drug-likeness (QED) is 0.782. The monoisotopic (exact) mass is 327 g/mol. The van der Waals surface area contributed by atoms with Crippen LogP contribution < -0.4 is 5.32 Å². The summed E-state index contributed by atoms with van der Waals surface area (Å²) in [5.74, 6) is 0.0465. The number of nitrogens with zero attached hydrogens (tertiary/aromatic N) is 4. The fraction of sp³-hybridized carbons (Fsp3) is 0.0625. The van der Waals surface area contributed by atoms with E-state index >= 15 is 0 Å². The number of aromatic nitrogens is 4. The molecule has 1 aromatic heterocycles. The molecule has 1 atom stereocenters. The fourth-order valence-electron chi connectivity index (χ4n) is 2.64. The topological polar surface area (TPSA) is 55.6 Å². The third-order valence-electron chi connectivity index (χ3n) is 3.71. The van der Waals surface area contributed by atoms with Crippen molar-refractivity contribution in [3.63, 3.8) is 0 Å². The average molecular weight is 328 g/mol. The predicted octanol–water partition coefficient (Wildman–Crippen LogP) is 3.52. The van der Waals surface area contributed by atoms with Gasteiger partial charge in [0.15, 0.2) is 0 Å². The van der Waals surface area contributed by atoms with E-state index in [1.807, 2.05) is 36.4 Å². The molecule has 0 unspecified atom stereocenters. The third-order valence-corrected chi connectivity index (χ3v) is 4.04. The summed E-state index contributed by atoms with van der Waals surface area (Å²) in [6.07, 6.45) is 1.86. The first-order valence-electron chi connectivity index (χ1n) is 7.00. The highest BCUT2D eigenvalue weighted by Crippen LogP contribution is 2.35. The van der Waals surface area contributed by atoms with Crippen molar-refractivity contribution in [1.29, 1.82) is 0 Å². The number of nitrogens with one attached hydrogen (secondary N) is 1. The zero-order chi connectivity index (χ0) is 15.8. The SMILES string of the molecule is Fc1cccc(Cl)c1[C@H]1C=C(c2ccccc2)Nc2nnnn21. The molecule has 4 rings (SSSR count). The first kappa shape index (κ1) is 13.9. The van der Waals surface area contributed by atoms with Gasteiger partial charge in [0.05, 0.1) is 0 Å². The lowest BCUT2D eigenvalue weighted by Gasteiger charge is -2.24. The molecule has 0 aliphatic carbocycles. The molecule has 3 aromatic rings. The first-order chi connectivity index (χ1) is 11.2. The normalized spacial score (nSPS) is 16.4. The van der Waals surface area contributed by atoms with Crippen molar-refractivity contribution < 1.29 is 4.39 Å². The van der Waals surface area contributed by atoms with E-state index in [1.165, 1.54) is 10.7 Å². The summed E-state index contributed by atoms with van der Waals surface area (Å²) in [4.78, 5) is 0. The van der Waals surface area contributed by atoms with Gasteiger partial charge in [0.1, 0.15) is 11.9 Å². The smallest absolute Gasteiger partial charge is 0.248 e. The standard InChI is InChI=1S/C16H11ClFN5/c17-11-7-4-8-12(18)15(11)14-9-13(10-5-2-1-3-6-10)19-16-20-21-22-23(14)16/h1-9,14H,(H,19,20,22)/t14-/m1/s1. The largest absolute Gasteiger partial charge is 0.323 e. The molecule has 0 radical (unpaired) electrons. The molecule has 1 N–H and O–H groups in total. The maximum atomic E-state index is 14.3. The molecule has 5 nitrogen and oxygen atoms in total. The Labute approximate surface area is 136 Å². The van der Waals surface area contributed by atoms with Gasteiger partial charge in [0.2, 0.25) is 5.95 Å². The highest BCUT2D eigenvalue weighted by molar-refractivity contribution is 6.31. The summed E-state index contributed by atoms with van der Waals surface area (Å²) in [5, 5.41) is 15.1. The summed E-state index contributed by atoms with van der Waals surface area (Å²) in [7, 11) is 0. The summed E-state index contributed by atoms with van der Waals surface area (Å²) < 4.78 is 15.9. The van der Waals surface area contributed by atoms with E-state index in [2.05, 4.69) is 20.8 Å². The number of fused-ring (bicyclic) bond motifs is 1. The second kappa shape index (κ2) is 5.48. The zero-order valence-electron chi connectivity index (χ0n) is 11.8. The molecule has 7 heteroatoms. The lowest BCUT2D eigenvalue weighted by molar-refractivity contribution is 0.540. The van der Waals surface area contributed by atoms with Crippen molar-refractivity contribution in [3.8, 4) is 0 Å². The van der Waals surface area contributed by atoms with E-state index in [9.17, 15) is 4.39 Å². The van der Waals surface area contributed by atoms with Crippen LogP contribution in [0.4, 0.5) is 10.3 Å². The Morgan fingerprint density at radius 3 is 2.70 bits per heavy atom. The van der Waals surface area contributed by atoms with Crippen molar-refractivity contribution in [1.82, 2.24) is 20.2 Å². The number of tetrazole rings is 1. The van der Waals surface area contributed by atoms with Crippen LogP contribution in [0, 0.1) is 5.82 Å². The molecule has 1 aliphatic heterocycles. The lowest BCUT2D eigenvalue weighted by Crippen LogP contribution is -2.21. The number of hydrogen-bond donors (Lipinski definition) is 1. The highest BCUT2D eigenvalue weighted by atomic mass is 35.5. The van der Waals surface area contributed by atoms with Crippen molar-refractivity contribution in [2.45, 2.75) is 6.04 Å². The van der Waals surface area contributed by atoms with Crippen molar-refractivity contribution in [2.75, 3.05) is 5.32 Å². The van der Waals surface area contributed by atoms with Gasteiger partial charge in [-0.3, -0.25) is 0 Å². The van der Waals surface area contributed by atoms with Crippen LogP contribution in [-0.4, -0.2) is 20.2 Å². The minimum Gasteiger partial charge on any atom is -0.323 e. The molecule has 1 aliphatic rings. The van der Waals surface area contributed by atoms with E-state index in [4.69, 9.17) is 11.6 Å². The van der Waals surface area contributed by atoms with Crippen molar-refractivity contribution in [2.24, 2.45) is 0 Å². The van der Waals surface area contributed by atoms with E-state index in [0.717, 1.165) is 11.3 Å². The van der Waals surface area contributed by atoms with Crippen LogP contribution in [0.2, 0.25) is 5.02 Å². The number of allylic oxidation sites excluding steroid dienone is 1. The van der Waals surface area contributed by atoms with Gasteiger partial charge in [-0.15, -0.1) is 0 Å². The molecule has 2 heterocycles. The van der Waals surface area contributed by atoms with Crippen LogP contribution in [0.1, 0.15) is 17.2 Å². The molecule has 0 amide bonds. The van der Waals surface area contributed by atoms with Crippen LogP contribution in [0.15, 0.2) is 54.6 Å². The maximum absolute atomic E-state index is 14.3. The average Bonchev–Trinajstić information content (AvgIpc) is 3.04. The number of halogens is 2. The molecule has 0 saturated heterocycles.